The molecule has 1 aliphatic heterocycles. The second kappa shape index (κ2) is 8.70. The molecule has 0 N–H and O–H groups in total. The van der Waals surface area contributed by atoms with E-state index in [2.05, 4.69) is 9.47 Å². The number of cyclic esters (lactones) is 2. The van der Waals surface area contributed by atoms with Crippen molar-refractivity contribution in [1.82, 2.24) is 0 Å². The predicted octanol–water partition coefficient (Wildman–Crippen LogP) is 1.57. The summed E-state index contributed by atoms with van der Waals surface area (Å²) in [6, 6.07) is 0. The first-order valence-corrected chi connectivity index (χ1v) is 8.41. The quantitative estimate of drug-likeness (QED) is 0.437. The third-order valence-corrected chi connectivity index (χ3v) is 4.99. The Morgan fingerprint density at radius 3 is 2.25 bits per heavy atom. The highest BCUT2D eigenvalue weighted by Gasteiger charge is 2.47. The Morgan fingerprint density at radius 2 is 1.62 bits per heavy atom. The van der Waals surface area contributed by atoms with E-state index in [4.69, 9.17) is 0 Å². The van der Waals surface area contributed by atoms with Gasteiger partial charge >= 0.3 is 24.4 Å². The van der Waals surface area contributed by atoms with Gasteiger partial charge in [-0.2, -0.15) is 0 Å². The minimum absolute atomic E-state index is 0.0195. The number of rotatable bonds is 3. The van der Waals surface area contributed by atoms with Gasteiger partial charge in [-0.3, -0.25) is 19.2 Å². The van der Waals surface area contributed by atoms with Crippen LogP contribution in [-0.2, 0) is 33.4 Å². The SMILES string of the molecule is O=CC1CCC2C(=O)OC(=O)C2C1.O=COC(=O)C1CCCCC1. The molecule has 2 saturated carbocycles. The largest absolute Gasteiger partial charge is 0.395 e. The van der Waals surface area contributed by atoms with Gasteiger partial charge in [-0.1, -0.05) is 19.3 Å². The van der Waals surface area contributed by atoms with E-state index in [1.165, 1.54) is 6.42 Å². The third kappa shape index (κ3) is 4.49. The zero-order valence-corrected chi connectivity index (χ0v) is 13.5. The van der Waals surface area contributed by atoms with Crippen LogP contribution in [0.4, 0.5) is 0 Å². The van der Waals surface area contributed by atoms with E-state index in [0.29, 0.717) is 19.3 Å². The molecule has 0 spiro atoms. The van der Waals surface area contributed by atoms with Crippen LogP contribution in [0.15, 0.2) is 0 Å². The van der Waals surface area contributed by atoms with E-state index in [1.54, 1.807) is 0 Å². The zero-order chi connectivity index (χ0) is 17.5. The maximum Gasteiger partial charge on any atom is 0.317 e. The van der Waals surface area contributed by atoms with Crippen LogP contribution < -0.4 is 0 Å². The minimum Gasteiger partial charge on any atom is -0.395 e. The van der Waals surface area contributed by atoms with Crippen LogP contribution in [0.3, 0.4) is 0 Å². The van der Waals surface area contributed by atoms with Crippen molar-refractivity contribution in [1.29, 1.82) is 0 Å². The lowest BCUT2D eigenvalue weighted by molar-refractivity contribution is -0.156. The second-order valence-corrected chi connectivity index (χ2v) is 6.53. The molecule has 3 unspecified atom stereocenters. The van der Waals surface area contributed by atoms with Crippen LogP contribution in [0.1, 0.15) is 51.4 Å². The number of hydrogen-bond donors (Lipinski definition) is 0. The highest BCUT2D eigenvalue weighted by Crippen LogP contribution is 2.38. The molecule has 0 radical (unpaired) electrons. The number of aldehydes is 1. The summed E-state index contributed by atoms with van der Waals surface area (Å²) in [6.07, 6.45) is 7.79. The zero-order valence-electron chi connectivity index (χ0n) is 13.5. The van der Waals surface area contributed by atoms with Crippen molar-refractivity contribution < 1.29 is 33.4 Å². The van der Waals surface area contributed by atoms with E-state index in [1.807, 2.05) is 0 Å². The number of carbonyl (C=O) groups is 5. The van der Waals surface area contributed by atoms with Gasteiger partial charge in [-0.15, -0.1) is 0 Å². The van der Waals surface area contributed by atoms with Crippen molar-refractivity contribution in [2.24, 2.45) is 23.7 Å². The Morgan fingerprint density at radius 1 is 0.958 bits per heavy atom. The number of esters is 3. The summed E-state index contributed by atoms with van der Waals surface area (Å²) < 4.78 is 8.77. The van der Waals surface area contributed by atoms with Crippen LogP contribution in [0.25, 0.3) is 0 Å². The molecule has 7 heteroatoms. The van der Waals surface area contributed by atoms with Crippen LogP contribution in [0.5, 0.6) is 0 Å². The Hall–Kier alpha value is -2.05. The predicted molar refractivity (Wildman–Crippen MR) is 80.2 cm³/mol. The maximum absolute atomic E-state index is 11.1. The number of hydrogen-bond acceptors (Lipinski definition) is 7. The van der Waals surface area contributed by atoms with Crippen molar-refractivity contribution >= 4 is 30.7 Å². The summed E-state index contributed by atoms with van der Waals surface area (Å²) in [5.41, 5.74) is 0. The second-order valence-electron chi connectivity index (χ2n) is 6.53. The molecule has 132 valence electrons. The lowest BCUT2D eigenvalue weighted by Crippen LogP contribution is -2.27. The number of carbonyl (C=O) groups excluding carboxylic acids is 5. The van der Waals surface area contributed by atoms with Crippen molar-refractivity contribution in [2.45, 2.75) is 51.4 Å². The Kier molecular flexibility index (Phi) is 6.63. The first-order chi connectivity index (χ1) is 11.6. The molecule has 0 aromatic carbocycles. The number of ether oxygens (including phenoxy) is 2. The van der Waals surface area contributed by atoms with Crippen molar-refractivity contribution in [3.05, 3.63) is 0 Å². The average Bonchev–Trinajstić information content (AvgIpc) is 2.90. The van der Waals surface area contributed by atoms with Gasteiger partial charge < -0.3 is 14.3 Å². The van der Waals surface area contributed by atoms with E-state index >= 15 is 0 Å². The molecule has 3 rings (SSSR count). The summed E-state index contributed by atoms with van der Waals surface area (Å²) in [7, 11) is 0. The Balaban J connectivity index is 0.000000177. The summed E-state index contributed by atoms with van der Waals surface area (Å²) in [5, 5.41) is 0. The summed E-state index contributed by atoms with van der Waals surface area (Å²) >= 11 is 0. The van der Waals surface area contributed by atoms with E-state index in [-0.39, 0.29) is 36.1 Å². The fraction of sp³-hybridized carbons (Fsp3) is 0.706. The molecule has 0 aromatic heterocycles. The molecule has 0 aromatic rings. The van der Waals surface area contributed by atoms with Crippen molar-refractivity contribution in [3.63, 3.8) is 0 Å². The molecule has 3 atom stereocenters. The highest BCUT2D eigenvalue weighted by atomic mass is 16.6. The van der Waals surface area contributed by atoms with E-state index < -0.39 is 11.9 Å². The topological polar surface area (TPSA) is 104 Å². The molecular formula is C17H22O7. The molecule has 0 bridgehead atoms. The van der Waals surface area contributed by atoms with Crippen molar-refractivity contribution in [3.8, 4) is 0 Å². The first-order valence-electron chi connectivity index (χ1n) is 8.41. The summed E-state index contributed by atoms with van der Waals surface area (Å²) in [6.45, 7) is 0.219. The Labute approximate surface area is 140 Å². The first kappa shape index (κ1) is 18.3. The third-order valence-electron chi connectivity index (χ3n) is 4.99. The smallest absolute Gasteiger partial charge is 0.317 e. The molecule has 1 saturated heterocycles. The summed E-state index contributed by atoms with van der Waals surface area (Å²) in [5.74, 6) is -1.91. The number of fused-ring (bicyclic) bond motifs is 1. The lowest BCUT2D eigenvalue weighted by atomic mass is 9.76. The van der Waals surface area contributed by atoms with Crippen LogP contribution in [0.2, 0.25) is 0 Å². The Bertz CT molecular complexity index is 507. The molecule has 0 amide bonds. The van der Waals surface area contributed by atoms with Crippen LogP contribution in [-0.4, -0.2) is 30.7 Å². The van der Waals surface area contributed by atoms with Gasteiger partial charge in [0.25, 0.3) is 0 Å². The van der Waals surface area contributed by atoms with Gasteiger partial charge in [0.2, 0.25) is 0 Å². The fourth-order valence-corrected chi connectivity index (χ4v) is 3.60. The molecule has 2 aliphatic carbocycles. The monoisotopic (exact) mass is 338 g/mol. The molecule has 3 aliphatic rings. The van der Waals surface area contributed by atoms with Crippen LogP contribution in [0, 0.1) is 23.7 Å². The van der Waals surface area contributed by atoms with E-state index in [0.717, 1.165) is 32.0 Å². The lowest BCUT2D eigenvalue weighted by Gasteiger charge is -2.23. The molecule has 1 heterocycles. The fourth-order valence-electron chi connectivity index (χ4n) is 3.60. The normalized spacial score (nSPS) is 29.6. The maximum atomic E-state index is 11.1. The summed E-state index contributed by atoms with van der Waals surface area (Å²) in [4.78, 5) is 53.5. The average molecular weight is 338 g/mol. The standard InChI is InChI=1S/C9H10O4.C8H12O3/c10-4-5-1-2-6-7(3-5)9(12)13-8(6)11;9-6-11-8(10)7-4-2-1-3-5-7/h4-7H,1-3H2;6-7H,1-5H2. The van der Waals surface area contributed by atoms with Crippen molar-refractivity contribution in [2.75, 3.05) is 0 Å². The van der Waals surface area contributed by atoms with Gasteiger partial charge in [0.05, 0.1) is 17.8 Å². The van der Waals surface area contributed by atoms with Gasteiger partial charge in [-0.25, -0.2) is 0 Å². The molecule has 3 fully saturated rings. The highest BCUT2D eigenvalue weighted by molar-refractivity contribution is 5.96. The van der Waals surface area contributed by atoms with Gasteiger partial charge in [0.1, 0.15) is 6.29 Å². The van der Waals surface area contributed by atoms with Crippen LogP contribution >= 0.6 is 0 Å². The van der Waals surface area contributed by atoms with Gasteiger partial charge in [0.15, 0.2) is 0 Å². The molecule has 7 nitrogen and oxygen atoms in total. The van der Waals surface area contributed by atoms with Gasteiger partial charge in [-0.05, 0) is 32.1 Å². The van der Waals surface area contributed by atoms with E-state index in [9.17, 15) is 24.0 Å². The minimum atomic E-state index is -0.443. The molecule has 24 heavy (non-hydrogen) atoms. The van der Waals surface area contributed by atoms with Gasteiger partial charge in [0, 0.05) is 5.92 Å². The molecular weight excluding hydrogens is 316 g/mol.